The normalized spacial score (nSPS) is 11.7. The first-order chi connectivity index (χ1) is 11.4. The van der Waals surface area contributed by atoms with Crippen molar-refractivity contribution in [1.29, 1.82) is 0 Å². The summed E-state index contributed by atoms with van der Waals surface area (Å²) >= 11 is 0. The minimum absolute atomic E-state index is 0. The first-order valence-electron chi connectivity index (χ1n) is 7.83. The van der Waals surface area contributed by atoms with Crippen LogP contribution in [0.15, 0.2) is 97.1 Å². The van der Waals surface area contributed by atoms with E-state index in [1.54, 1.807) is 0 Å². The van der Waals surface area contributed by atoms with Crippen LogP contribution < -0.4 is 35.2 Å². The van der Waals surface area contributed by atoms with Gasteiger partial charge in [0, 0.05) is 0 Å². The number of rotatable bonds is 2. The van der Waals surface area contributed by atoms with E-state index in [0.29, 0.717) is 0 Å². The fraction of sp³-hybridized carbons (Fsp3) is 0.0909. The molecule has 0 saturated heterocycles. The molecule has 0 aromatic heterocycles. The Bertz CT molecular complexity index is 586. The predicted molar refractivity (Wildman–Crippen MR) is 102 cm³/mol. The molecule has 0 unspecified atom stereocenters. The van der Waals surface area contributed by atoms with Crippen molar-refractivity contribution in [3.8, 4) is 0 Å². The molecule has 0 aliphatic heterocycles. The summed E-state index contributed by atoms with van der Waals surface area (Å²) < 4.78 is 0. The van der Waals surface area contributed by atoms with Crippen LogP contribution in [0.5, 0.6) is 0 Å². The molecule has 0 bridgehead atoms. The molecule has 0 N–H and O–H groups in total. The van der Waals surface area contributed by atoms with Gasteiger partial charge in [-0.2, -0.15) is 12.2 Å². The van der Waals surface area contributed by atoms with Crippen molar-refractivity contribution in [3.05, 3.63) is 109 Å². The van der Waals surface area contributed by atoms with Gasteiger partial charge in [-0.15, -0.1) is 12.8 Å². The third-order valence-corrected chi connectivity index (χ3v) is 4.54. The van der Waals surface area contributed by atoms with Crippen LogP contribution in [-0.4, -0.2) is 9.52 Å². The maximum atomic E-state index is 2.99. The van der Waals surface area contributed by atoms with Crippen molar-refractivity contribution in [2.75, 3.05) is 0 Å². The van der Waals surface area contributed by atoms with Crippen LogP contribution in [-0.2, 0) is 26.2 Å². The Morgan fingerprint density at radius 3 is 1.23 bits per heavy atom. The molecule has 0 heterocycles. The van der Waals surface area contributed by atoms with Crippen molar-refractivity contribution in [2.45, 2.75) is 12.8 Å². The molecule has 131 valence electrons. The monoisotopic (exact) mass is 473 g/mol. The zero-order chi connectivity index (χ0) is 16.0. The summed E-state index contributed by atoms with van der Waals surface area (Å²) in [4.78, 5) is 0. The van der Waals surface area contributed by atoms with Gasteiger partial charge in [0.25, 0.3) is 0 Å². The van der Waals surface area contributed by atoms with Gasteiger partial charge in [-0.1, -0.05) is 71.0 Å². The summed E-state index contributed by atoms with van der Waals surface area (Å²) in [6, 6.07) is 21.3. The SMILES string of the molecule is [C-]1=CC=CC1.[C-]1=CC=CC1.[Cl-].[Cl-].[Zr+4].c1ccc([SiH]c2ccccc2)cc1. The standard InChI is InChI=1S/C12H11Si.2C5H5.2ClH.Zr/c1-3-7-11(8-4-1)13-12-9-5-2-6-10-12;2*1-2-4-5-3-1;;;/h1-10,13H;2*1-3H,4H2;2*1H;/q;2*-1;;;+4/p-2. The Balaban J connectivity index is 0. The topological polar surface area (TPSA) is 0 Å². The van der Waals surface area contributed by atoms with Crippen LogP contribution in [0, 0.1) is 12.2 Å². The second kappa shape index (κ2) is 18.9. The van der Waals surface area contributed by atoms with Crippen LogP contribution >= 0.6 is 0 Å². The molecule has 2 aromatic carbocycles. The van der Waals surface area contributed by atoms with Crippen molar-refractivity contribution in [3.63, 3.8) is 0 Å². The molecular weight excluding hydrogens is 454 g/mol. The molecule has 1 radical (unpaired) electrons. The summed E-state index contributed by atoms with van der Waals surface area (Å²) in [7, 11) is 0.271. The molecular formula is C22H21Cl2SiZr. The van der Waals surface area contributed by atoms with Crippen LogP contribution in [0.4, 0.5) is 0 Å². The summed E-state index contributed by atoms with van der Waals surface area (Å²) in [5.74, 6) is 0. The fourth-order valence-corrected chi connectivity index (χ4v) is 3.19. The third kappa shape index (κ3) is 13.3. The number of benzene rings is 2. The van der Waals surface area contributed by atoms with Gasteiger partial charge in [0.1, 0.15) is 9.52 Å². The van der Waals surface area contributed by atoms with Gasteiger partial charge in [-0.3, -0.25) is 12.2 Å². The van der Waals surface area contributed by atoms with E-state index in [-0.39, 0.29) is 60.5 Å². The Kier molecular flexibility index (Phi) is 19.8. The summed E-state index contributed by atoms with van der Waals surface area (Å²) in [5, 5.41) is 2.90. The maximum Gasteiger partial charge on any atom is 4.00 e. The van der Waals surface area contributed by atoms with E-state index in [4.69, 9.17) is 0 Å². The molecule has 4 rings (SSSR count). The Hall–Kier alpha value is -0.920. The Morgan fingerprint density at radius 2 is 1.00 bits per heavy atom. The quantitative estimate of drug-likeness (QED) is 0.339. The van der Waals surface area contributed by atoms with Gasteiger partial charge in [0.2, 0.25) is 0 Å². The second-order valence-electron chi connectivity index (χ2n) is 4.97. The van der Waals surface area contributed by atoms with Crippen molar-refractivity contribution in [2.24, 2.45) is 0 Å². The zero-order valence-electron chi connectivity index (χ0n) is 14.5. The van der Waals surface area contributed by atoms with Gasteiger partial charge < -0.3 is 24.8 Å². The number of halogens is 2. The van der Waals surface area contributed by atoms with E-state index < -0.39 is 0 Å². The number of hydrogen-bond acceptors (Lipinski definition) is 0. The van der Waals surface area contributed by atoms with Gasteiger partial charge in [0.15, 0.2) is 0 Å². The smallest absolute Gasteiger partial charge is 1.00 e. The van der Waals surface area contributed by atoms with Gasteiger partial charge in [-0.05, 0) is 0 Å². The van der Waals surface area contributed by atoms with Gasteiger partial charge >= 0.3 is 26.2 Å². The Labute approximate surface area is 192 Å². The molecule has 2 aliphatic carbocycles. The first-order valence-corrected chi connectivity index (χ1v) is 8.99. The molecule has 0 spiro atoms. The third-order valence-electron chi connectivity index (χ3n) is 3.10. The van der Waals surface area contributed by atoms with Crippen molar-refractivity contribution >= 4 is 19.9 Å². The van der Waals surface area contributed by atoms with E-state index in [0.717, 1.165) is 12.8 Å². The molecule has 0 saturated carbocycles. The zero-order valence-corrected chi connectivity index (χ0v) is 19.6. The molecule has 0 atom stereocenters. The molecule has 2 aromatic rings. The van der Waals surface area contributed by atoms with Crippen molar-refractivity contribution in [1.82, 2.24) is 0 Å². The molecule has 0 amide bonds. The van der Waals surface area contributed by atoms with E-state index in [9.17, 15) is 0 Å². The second-order valence-corrected chi connectivity index (χ2v) is 6.59. The largest absolute Gasteiger partial charge is 4.00 e. The van der Waals surface area contributed by atoms with E-state index in [1.165, 1.54) is 10.4 Å². The Morgan fingerprint density at radius 1 is 0.615 bits per heavy atom. The maximum absolute atomic E-state index is 2.99. The minimum atomic E-state index is 0. The van der Waals surface area contributed by atoms with Gasteiger partial charge in [0.05, 0.1) is 0 Å². The van der Waals surface area contributed by atoms with E-state index in [1.807, 2.05) is 24.3 Å². The molecule has 0 fully saturated rings. The van der Waals surface area contributed by atoms with Crippen LogP contribution in [0.1, 0.15) is 12.8 Å². The van der Waals surface area contributed by atoms with Gasteiger partial charge in [-0.25, -0.2) is 24.3 Å². The fourth-order valence-electron chi connectivity index (χ4n) is 1.97. The molecule has 26 heavy (non-hydrogen) atoms. The number of allylic oxidation sites excluding steroid dienone is 8. The minimum Gasteiger partial charge on any atom is -1.00 e. The molecule has 4 heteroatoms. The van der Waals surface area contributed by atoms with Crippen LogP contribution in [0.25, 0.3) is 0 Å². The van der Waals surface area contributed by atoms with Crippen molar-refractivity contribution < 1.29 is 51.0 Å². The summed E-state index contributed by atoms with van der Waals surface area (Å²) in [6.45, 7) is 0. The molecule has 2 aliphatic rings. The summed E-state index contributed by atoms with van der Waals surface area (Å²) in [6.07, 6.45) is 20.0. The first kappa shape index (κ1) is 27.3. The van der Waals surface area contributed by atoms with E-state index >= 15 is 0 Å². The number of hydrogen-bond donors (Lipinski definition) is 0. The van der Waals surface area contributed by atoms with E-state index in [2.05, 4.69) is 85.0 Å². The average molecular weight is 476 g/mol. The van der Waals surface area contributed by atoms with Crippen LogP contribution in [0.3, 0.4) is 0 Å². The summed E-state index contributed by atoms with van der Waals surface area (Å²) in [5.41, 5.74) is 0. The predicted octanol–water partition coefficient (Wildman–Crippen LogP) is -2.31. The molecule has 0 nitrogen and oxygen atoms in total. The van der Waals surface area contributed by atoms with Crippen LogP contribution in [0.2, 0.25) is 0 Å². The average Bonchev–Trinajstić information content (AvgIpc) is 3.35.